The van der Waals surface area contributed by atoms with Crippen LogP contribution in [-0.4, -0.2) is 79.8 Å². The summed E-state index contributed by atoms with van der Waals surface area (Å²) in [7, 11) is -3.66. The second-order valence-corrected chi connectivity index (χ2v) is 10.8. The molecule has 34 heavy (non-hydrogen) atoms. The zero-order valence-electron chi connectivity index (χ0n) is 19.0. The second-order valence-electron chi connectivity index (χ2n) is 8.98. The first-order valence-electron chi connectivity index (χ1n) is 11.7. The quantitative estimate of drug-likeness (QED) is 0.435. The van der Waals surface area contributed by atoms with Gasteiger partial charge in [0, 0.05) is 64.3 Å². The first-order valence-corrected chi connectivity index (χ1v) is 13.1. The van der Waals surface area contributed by atoms with E-state index in [2.05, 4.69) is 30.9 Å². The van der Waals surface area contributed by atoms with Gasteiger partial charge in [0.2, 0.25) is 0 Å². The Morgan fingerprint density at radius 1 is 1.21 bits per heavy atom. The minimum absolute atomic E-state index is 0.372. The Hall–Kier alpha value is -3.01. The van der Waals surface area contributed by atoms with E-state index in [1.54, 1.807) is 27.5 Å². The van der Waals surface area contributed by atoms with Crippen molar-refractivity contribution in [2.24, 2.45) is 0 Å². The first kappa shape index (κ1) is 22.8. The number of unbranched alkanes of at least 4 members (excludes halogenated alkanes) is 2. The van der Waals surface area contributed by atoms with Crippen molar-refractivity contribution in [2.45, 2.75) is 44.2 Å². The van der Waals surface area contributed by atoms with E-state index in [1.807, 2.05) is 23.0 Å². The molecule has 2 aliphatic rings. The van der Waals surface area contributed by atoms with Gasteiger partial charge in [-0.05, 0) is 31.7 Å². The highest BCUT2D eigenvalue weighted by Crippen LogP contribution is 2.47. The van der Waals surface area contributed by atoms with Crippen LogP contribution in [0.5, 0.6) is 0 Å². The van der Waals surface area contributed by atoms with Crippen LogP contribution in [0.25, 0.3) is 11.0 Å². The summed E-state index contributed by atoms with van der Waals surface area (Å²) in [4.78, 5) is 18.2. The van der Waals surface area contributed by atoms with E-state index >= 15 is 0 Å². The van der Waals surface area contributed by atoms with E-state index in [0.717, 1.165) is 29.7 Å². The maximum atomic E-state index is 13.9. The monoisotopic (exact) mass is 483 g/mol. The van der Waals surface area contributed by atoms with Gasteiger partial charge in [-0.2, -0.15) is 22.3 Å². The number of rotatable bonds is 10. The van der Waals surface area contributed by atoms with E-state index in [1.165, 1.54) is 0 Å². The maximum absolute atomic E-state index is 13.9. The third-order valence-electron chi connectivity index (χ3n) is 6.76. The van der Waals surface area contributed by atoms with Gasteiger partial charge in [0.05, 0.1) is 23.3 Å². The molecule has 1 spiro atoms. The van der Waals surface area contributed by atoms with Gasteiger partial charge >= 0.3 is 0 Å². The maximum Gasteiger partial charge on any atom is 0.282 e. The summed E-state index contributed by atoms with van der Waals surface area (Å²) in [6.45, 7) is 2.92. The van der Waals surface area contributed by atoms with Crippen molar-refractivity contribution in [1.29, 1.82) is 5.26 Å². The van der Waals surface area contributed by atoms with Crippen LogP contribution in [0.1, 0.15) is 32.1 Å². The van der Waals surface area contributed by atoms with Gasteiger partial charge < -0.3 is 14.5 Å². The Labute approximate surface area is 199 Å². The van der Waals surface area contributed by atoms with Crippen LogP contribution in [0.3, 0.4) is 0 Å². The van der Waals surface area contributed by atoms with Crippen molar-refractivity contribution in [1.82, 2.24) is 33.1 Å². The predicted molar refractivity (Wildman–Crippen MR) is 127 cm³/mol. The molecule has 1 saturated carbocycles. The third-order valence-corrected chi connectivity index (χ3v) is 8.91. The molecule has 1 N–H and O–H groups in total. The summed E-state index contributed by atoms with van der Waals surface area (Å²) >= 11 is 0. The number of nitrogens with zero attached hydrogens (tertiary/aromatic N) is 8. The average Bonchev–Trinajstić information content (AvgIpc) is 3.22. The number of aromatic amines is 1. The Balaban J connectivity index is 1.34. The van der Waals surface area contributed by atoms with Crippen LogP contribution in [0.4, 0.5) is 5.82 Å². The smallest absolute Gasteiger partial charge is 0.282 e. The average molecular weight is 484 g/mol. The summed E-state index contributed by atoms with van der Waals surface area (Å²) in [6, 6.07) is 4.11. The second kappa shape index (κ2) is 9.32. The van der Waals surface area contributed by atoms with Gasteiger partial charge in [-0.1, -0.05) is 0 Å². The molecule has 3 aromatic heterocycles. The minimum atomic E-state index is -3.66. The molecule has 0 atom stereocenters. The topological polar surface area (TPSA) is 127 Å². The molecule has 180 valence electrons. The zero-order chi connectivity index (χ0) is 23.6. The number of hydrogen-bond acceptors (Lipinski definition) is 7. The van der Waals surface area contributed by atoms with Gasteiger partial charge in [-0.15, -0.1) is 0 Å². The van der Waals surface area contributed by atoms with Crippen molar-refractivity contribution in [3.05, 3.63) is 37.3 Å². The molecule has 0 radical (unpaired) electrons. The van der Waals surface area contributed by atoms with E-state index < -0.39 is 15.7 Å². The summed E-state index contributed by atoms with van der Waals surface area (Å²) in [5.74, 6) is 0.850. The third kappa shape index (κ3) is 4.38. The van der Waals surface area contributed by atoms with Crippen molar-refractivity contribution >= 4 is 27.1 Å². The van der Waals surface area contributed by atoms with Crippen molar-refractivity contribution in [3.63, 3.8) is 0 Å². The molecule has 11 nitrogen and oxygen atoms in total. The van der Waals surface area contributed by atoms with Crippen LogP contribution in [0, 0.1) is 11.3 Å². The Kier molecular flexibility index (Phi) is 6.24. The number of anilines is 1. The van der Waals surface area contributed by atoms with E-state index in [9.17, 15) is 8.42 Å². The highest BCUT2D eigenvalue weighted by molar-refractivity contribution is 7.86. The lowest BCUT2D eigenvalue weighted by Crippen LogP contribution is -2.60. The minimum Gasteiger partial charge on any atom is -0.353 e. The molecule has 1 aliphatic heterocycles. The van der Waals surface area contributed by atoms with Crippen molar-refractivity contribution in [3.8, 4) is 6.07 Å². The number of H-pyrrole nitrogens is 1. The number of piperazine rings is 1. The molecule has 1 saturated heterocycles. The molecule has 0 unspecified atom stereocenters. The Morgan fingerprint density at radius 2 is 2.09 bits per heavy atom. The van der Waals surface area contributed by atoms with Crippen LogP contribution >= 0.6 is 0 Å². The molecular weight excluding hydrogens is 454 g/mol. The normalized spacial score (nSPS) is 18.1. The molecule has 12 heteroatoms. The fraction of sp³-hybridized carbons (Fsp3) is 0.545. The largest absolute Gasteiger partial charge is 0.353 e. The zero-order valence-corrected chi connectivity index (χ0v) is 19.9. The number of aromatic nitrogens is 5. The molecule has 0 bridgehead atoms. The molecule has 0 amide bonds. The predicted octanol–water partition coefficient (Wildman–Crippen LogP) is 1.75. The van der Waals surface area contributed by atoms with Gasteiger partial charge in [-0.25, -0.2) is 15.0 Å². The van der Waals surface area contributed by atoms with Gasteiger partial charge in [0.15, 0.2) is 0 Å². The highest BCUT2D eigenvalue weighted by Gasteiger charge is 2.57. The summed E-state index contributed by atoms with van der Waals surface area (Å²) in [6.07, 6.45) is 12.1. The summed E-state index contributed by atoms with van der Waals surface area (Å²) < 4.78 is 33.0. The lowest BCUT2D eigenvalue weighted by atomic mass is 10.2. The highest BCUT2D eigenvalue weighted by atomic mass is 32.2. The molecule has 0 aromatic carbocycles. The fourth-order valence-corrected chi connectivity index (χ4v) is 6.78. The lowest BCUT2D eigenvalue weighted by Gasteiger charge is -2.43. The molecule has 1 aliphatic carbocycles. The van der Waals surface area contributed by atoms with Gasteiger partial charge in [0.1, 0.15) is 17.8 Å². The number of nitriles is 1. The van der Waals surface area contributed by atoms with Crippen LogP contribution in [0.15, 0.2) is 37.3 Å². The lowest BCUT2D eigenvalue weighted by molar-refractivity contribution is 0.241. The Morgan fingerprint density at radius 3 is 2.85 bits per heavy atom. The van der Waals surface area contributed by atoms with Gasteiger partial charge in [-0.3, -0.25) is 0 Å². The number of nitrogens with one attached hydrogen (secondary N) is 1. The van der Waals surface area contributed by atoms with Crippen LogP contribution in [0.2, 0.25) is 0 Å². The fourth-order valence-electron chi connectivity index (χ4n) is 4.79. The van der Waals surface area contributed by atoms with Crippen LogP contribution in [-0.2, 0) is 16.8 Å². The molecule has 2 fully saturated rings. The molecular formula is C22H29N9O2S. The standard InChI is InChI=1S/C22H29N9O2S/c23-7-2-1-3-10-30(14-12-28-11-9-24-18-28)34(32,33)31-15-13-29(16-22(31)5-6-22)21-19-4-8-25-20(19)26-17-27-21/h4,8-9,11,17-18H,1-3,5-6,10,12-16H2,(H,25,26,27). The van der Waals surface area contributed by atoms with Crippen molar-refractivity contribution < 1.29 is 8.42 Å². The van der Waals surface area contributed by atoms with Gasteiger partial charge in [0.25, 0.3) is 10.2 Å². The van der Waals surface area contributed by atoms with Crippen LogP contribution < -0.4 is 4.90 Å². The summed E-state index contributed by atoms with van der Waals surface area (Å²) in [5, 5.41) is 9.81. The molecule has 4 heterocycles. The molecule has 3 aromatic rings. The number of hydrogen-bond donors (Lipinski definition) is 1. The number of imidazole rings is 1. The number of fused-ring (bicyclic) bond motifs is 1. The first-order chi connectivity index (χ1) is 16.5. The van der Waals surface area contributed by atoms with Crippen molar-refractivity contribution in [2.75, 3.05) is 37.6 Å². The summed E-state index contributed by atoms with van der Waals surface area (Å²) in [5.41, 5.74) is 0.387. The SMILES string of the molecule is N#CCCCCN(CCn1ccnc1)S(=O)(=O)N1CCN(c2ncnc3[nH]ccc23)CC12CC2. The molecule has 5 rings (SSSR count). The van der Waals surface area contributed by atoms with E-state index in [0.29, 0.717) is 58.5 Å². The van der Waals surface area contributed by atoms with E-state index in [-0.39, 0.29) is 0 Å². The van der Waals surface area contributed by atoms with E-state index in [4.69, 9.17) is 5.26 Å². The Bertz CT molecular complexity index is 1260.